The van der Waals surface area contributed by atoms with Gasteiger partial charge in [0.25, 0.3) is 0 Å². The Morgan fingerprint density at radius 3 is 2.41 bits per heavy atom. The van der Waals surface area contributed by atoms with Crippen LogP contribution >= 0.6 is 11.3 Å². The van der Waals surface area contributed by atoms with E-state index in [4.69, 9.17) is 10.2 Å². The molecule has 0 aliphatic heterocycles. The molecule has 2 aromatic heterocycles. The molecule has 0 spiro atoms. The number of carboxylic acid groups (broad SMARTS) is 1. The summed E-state index contributed by atoms with van der Waals surface area (Å²) in [5, 5.41) is 21.5. The molecule has 1 aliphatic rings. The molecule has 6 rings (SSSR count). The van der Waals surface area contributed by atoms with Crippen molar-refractivity contribution in [3.63, 3.8) is 0 Å². The van der Waals surface area contributed by atoms with Crippen LogP contribution in [0.3, 0.4) is 0 Å². The lowest BCUT2D eigenvalue weighted by Gasteiger charge is -2.10. The first-order valence-corrected chi connectivity index (χ1v) is 15.4. The molecule has 0 atom stereocenters. The van der Waals surface area contributed by atoms with Crippen LogP contribution in [-0.4, -0.2) is 34.3 Å². The second-order valence-electron chi connectivity index (χ2n) is 10.1. The minimum absolute atomic E-state index is 0.0623. The molecule has 3 aromatic carbocycles. The Balaban J connectivity index is 1.53. The van der Waals surface area contributed by atoms with Crippen LogP contribution < -0.4 is 5.14 Å². The van der Waals surface area contributed by atoms with Crippen LogP contribution in [0.25, 0.3) is 27.5 Å². The van der Waals surface area contributed by atoms with Gasteiger partial charge in [-0.15, -0.1) is 11.3 Å². The molecule has 0 bridgehead atoms. The number of rotatable bonds is 9. The molecule has 0 amide bonds. The maximum atomic E-state index is 14.8. The Morgan fingerprint density at radius 1 is 1.02 bits per heavy atom. The van der Waals surface area contributed by atoms with E-state index >= 15 is 0 Å². The van der Waals surface area contributed by atoms with Gasteiger partial charge in [0.2, 0.25) is 15.2 Å². The summed E-state index contributed by atoms with van der Waals surface area (Å²) in [6.45, 7) is 0. The maximum Gasteiger partial charge on any atom is 0.355 e. The molecule has 8 nitrogen and oxygen atoms in total. The average Bonchev–Trinajstić information content (AvgIpc) is 3.50. The van der Waals surface area contributed by atoms with Crippen LogP contribution in [0.15, 0.2) is 83.1 Å². The zero-order chi connectivity index (χ0) is 28.7. The molecule has 208 valence electrons. The Morgan fingerprint density at radius 2 is 1.76 bits per heavy atom. The Kier molecular flexibility index (Phi) is 7.02. The van der Waals surface area contributed by atoms with E-state index in [1.54, 1.807) is 10.7 Å². The van der Waals surface area contributed by atoms with Gasteiger partial charge in [-0.05, 0) is 60.1 Å². The zero-order valence-electron chi connectivity index (χ0n) is 21.7. The highest BCUT2D eigenvalue weighted by atomic mass is 32.2. The molecule has 0 radical (unpaired) electrons. The lowest BCUT2D eigenvalue weighted by Crippen LogP contribution is -2.14. The minimum Gasteiger partial charge on any atom is -0.476 e. The van der Waals surface area contributed by atoms with Crippen LogP contribution in [0.2, 0.25) is 0 Å². The van der Waals surface area contributed by atoms with E-state index in [1.165, 1.54) is 28.8 Å². The fourth-order valence-corrected chi connectivity index (χ4v) is 6.25. The molecule has 1 aliphatic carbocycles. The number of hydrogen-bond donors (Lipinski definition) is 2. The zero-order valence-corrected chi connectivity index (χ0v) is 23.3. The Hall–Kier alpha value is -4.19. The van der Waals surface area contributed by atoms with E-state index in [0.29, 0.717) is 28.7 Å². The van der Waals surface area contributed by atoms with Crippen molar-refractivity contribution in [2.75, 3.05) is 0 Å². The molecule has 5 aromatic rings. The number of carbonyl (C=O) groups is 1. The fourth-order valence-electron chi connectivity index (χ4n) is 4.89. The quantitative estimate of drug-likeness (QED) is 0.228. The van der Waals surface area contributed by atoms with Gasteiger partial charge in [0.1, 0.15) is 10.7 Å². The van der Waals surface area contributed by atoms with E-state index in [0.717, 1.165) is 40.8 Å². The van der Waals surface area contributed by atoms with Crippen molar-refractivity contribution in [1.29, 1.82) is 0 Å². The SMILES string of the molecule is NS(=O)(=O)c1ccc(Cc2c(-c3cccc(-c4ccccc4)c3)nn(-c3nc(C(=O)O)cs3)c2CC2CC2)cc1F. The summed E-state index contributed by atoms with van der Waals surface area (Å²) in [6, 6.07) is 21.8. The standard InChI is InChI=1S/C30H25FN4O4S2/c31-24-14-19(11-12-27(24)41(32,38)39)13-23-26(15-18-9-10-18)35(30-33-25(17-40-30)29(36)37)34-28(23)22-8-4-7-21(16-22)20-5-2-1-3-6-20/h1-8,11-12,14,16-18H,9-10,13,15H2,(H,36,37)(H2,32,38,39). The van der Waals surface area contributed by atoms with Gasteiger partial charge < -0.3 is 5.11 Å². The third-order valence-electron chi connectivity index (χ3n) is 7.09. The van der Waals surface area contributed by atoms with Gasteiger partial charge in [0, 0.05) is 22.9 Å². The molecule has 11 heteroatoms. The number of hydrogen-bond acceptors (Lipinski definition) is 6. The summed E-state index contributed by atoms with van der Waals surface area (Å²) in [5.74, 6) is -1.59. The fraction of sp³-hybridized carbons (Fsp3) is 0.167. The molecular formula is C30H25FN4O4S2. The van der Waals surface area contributed by atoms with Gasteiger partial charge in [0.15, 0.2) is 5.69 Å². The number of nitrogens with two attached hydrogens (primary N) is 1. The number of aromatic carboxylic acids is 1. The molecule has 3 N–H and O–H groups in total. The largest absolute Gasteiger partial charge is 0.476 e. The van der Waals surface area contributed by atoms with Crippen molar-refractivity contribution in [2.24, 2.45) is 11.1 Å². The van der Waals surface area contributed by atoms with Gasteiger partial charge in [-0.3, -0.25) is 0 Å². The van der Waals surface area contributed by atoms with E-state index < -0.39 is 26.7 Å². The molecule has 0 unspecified atom stereocenters. The van der Waals surface area contributed by atoms with Gasteiger partial charge in [-0.2, -0.15) is 5.10 Å². The number of carboxylic acids is 1. The predicted octanol–water partition coefficient (Wildman–Crippen LogP) is 5.69. The molecule has 41 heavy (non-hydrogen) atoms. The third kappa shape index (κ3) is 5.69. The highest BCUT2D eigenvalue weighted by molar-refractivity contribution is 7.89. The first-order chi connectivity index (χ1) is 19.7. The molecule has 1 saturated carbocycles. The number of benzene rings is 3. The average molecular weight is 589 g/mol. The first-order valence-electron chi connectivity index (χ1n) is 12.9. The van der Waals surface area contributed by atoms with Crippen molar-refractivity contribution in [3.8, 4) is 27.5 Å². The summed E-state index contributed by atoms with van der Waals surface area (Å²) in [4.78, 5) is 15.3. The second kappa shape index (κ2) is 10.7. The lowest BCUT2D eigenvalue weighted by atomic mass is 9.95. The number of thiazole rings is 1. The van der Waals surface area contributed by atoms with E-state index in [-0.39, 0.29) is 12.1 Å². The molecule has 0 saturated heterocycles. The number of nitrogens with zero attached hydrogens (tertiary/aromatic N) is 3. The van der Waals surface area contributed by atoms with Crippen molar-refractivity contribution in [3.05, 3.63) is 107 Å². The van der Waals surface area contributed by atoms with Gasteiger partial charge in [-0.25, -0.2) is 32.4 Å². The van der Waals surface area contributed by atoms with Crippen molar-refractivity contribution < 1.29 is 22.7 Å². The lowest BCUT2D eigenvalue weighted by molar-refractivity contribution is 0.0691. The predicted molar refractivity (Wildman–Crippen MR) is 154 cm³/mol. The number of primary sulfonamides is 1. The number of halogens is 1. The molecule has 2 heterocycles. The van der Waals surface area contributed by atoms with Crippen molar-refractivity contribution in [2.45, 2.75) is 30.6 Å². The van der Waals surface area contributed by atoms with Gasteiger partial charge in [0.05, 0.1) is 11.4 Å². The van der Waals surface area contributed by atoms with Crippen molar-refractivity contribution in [1.82, 2.24) is 14.8 Å². The number of aromatic nitrogens is 3. The van der Waals surface area contributed by atoms with Crippen LogP contribution in [0.4, 0.5) is 4.39 Å². The summed E-state index contributed by atoms with van der Waals surface area (Å²) >= 11 is 1.19. The third-order valence-corrected chi connectivity index (χ3v) is 8.85. The maximum absolute atomic E-state index is 14.8. The Bertz CT molecular complexity index is 1880. The Labute approximate surface area is 240 Å². The van der Waals surface area contributed by atoms with Gasteiger partial charge in [-0.1, -0.05) is 54.6 Å². The van der Waals surface area contributed by atoms with E-state index in [2.05, 4.69) is 4.98 Å². The summed E-state index contributed by atoms with van der Waals surface area (Å²) in [6.07, 6.45) is 3.10. The highest BCUT2D eigenvalue weighted by Gasteiger charge is 2.29. The first kappa shape index (κ1) is 27.0. The highest BCUT2D eigenvalue weighted by Crippen LogP contribution is 2.39. The van der Waals surface area contributed by atoms with Crippen LogP contribution in [0, 0.1) is 11.7 Å². The number of sulfonamides is 1. The summed E-state index contributed by atoms with van der Waals surface area (Å²) < 4.78 is 40.1. The normalized spacial score (nSPS) is 13.4. The topological polar surface area (TPSA) is 128 Å². The van der Waals surface area contributed by atoms with Crippen LogP contribution in [0.1, 0.15) is 40.2 Å². The van der Waals surface area contributed by atoms with E-state index in [9.17, 15) is 22.7 Å². The van der Waals surface area contributed by atoms with Crippen LogP contribution in [-0.2, 0) is 22.9 Å². The molecule has 1 fully saturated rings. The minimum atomic E-state index is -4.20. The second-order valence-corrected chi connectivity index (χ2v) is 12.5. The summed E-state index contributed by atoms with van der Waals surface area (Å²) in [5.41, 5.74) is 5.76. The van der Waals surface area contributed by atoms with Gasteiger partial charge >= 0.3 is 5.97 Å². The monoisotopic (exact) mass is 588 g/mol. The molecular weight excluding hydrogens is 563 g/mol. The van der Waals surface area contributed by atoms with E-state index in [1.807, 2.05) is 54.6 Å². The van der Waals surface area contributed by atoms with Crippen molar-refractivity contribution >= 4 is 27.3 Å². The smallest absolute Gasteiger partial charge is 0.355 e. The van der Waals surface area contributed by atoms with Crippen LogP contribution in [0.5, 0.6) is 0 Å². The summed E-state index contributed by atoms with van der Waals surface area (Å²) in [7, 11) is -4.20.